The number of aliphatic hydroxyl groups is 1. The molecular weight excluding hydrogens is 232 g/mol. The predicted octanol–water partition coefficient (Wildman–Crippen LogP) is 1.45. The van der Waals surface area contributed by atoms with E-state index in [1.165, 1.54) is 0 Å². The van der Waals surface area contributed by atoms with Crippen LogP contribution in [-0.4, -0.2) is 29.6 Å². The molecule has 0 amide bonds. The van der Waals surface area contributed by atoms with E-state index in [0.29, 0.717) is 12.8 Å². The lowest BCUT2D eigenvalue weighted by Crippen LogP contribution is -2.43. The lowest BCUT2D eigenvalue weighted by atomic mass is 9.69. The van der Waals surface area contributed by atoms with E-state index >= 15 is 0 Å². The molecule has 1 rings (SSSR count). The molecule has 4 nitrogen and oxygen atoms in total. The van der Waals surface area contributed by atoms with Gasteiger partial charge in [0.25, 0.3) is 0 Å². The van der Waals surface area contributed by atoms with Gasteiger partial charge in [-0.05, 0) is 32.6 Å². The number of carbonyl (C=O) groups is 2. The first-order valence-corrected chi connectivity index (χ1v) is 6.41. The number of rotatable bonds is 5. The molecule has 0 aromatic carbocycles. The third-order valence-electron chi connectivity index (χ3n) is 3.49. The van der Waals surface area contributed by atoms with Gasteiger partial charge in [0.1, 0.15) is 17.3 Å². The van der Waals surface area contributed by atoms with Gasteiger partial charge in [0, 0.05) is 6.42 Å². The van der Waals surface area contributed by atoms with Gasteiger partial charge in [-0.3, -0.25) is 9.59 Å². The van der Waals surface area contributed by atoms with Gasteiger partial charge in [0.05, 0.1) is 6.61 Å². The van der Waals surface area contributed by atoms with Crippen LogP contribution in [0.3, 0.4) is 0 Å². The van der Waals surface area contributed by atoms with Crippen molar-refractivity contribution in [1.29, 1.82) is 0 Å². The molecule has 0 spiro atoms. The fraction of sp³-hybridized carbons (Fsp3) is 0.714. The first-order valence-electron chi connectivity index (χ1n) is 6.41. The lowest BCUT2D eigenvalue weighted by molar-refractivity contribution is -0.163. The Morgan fingerprint density at radius 1 is 1.61 bits per heavy atom. The standard InChI is InChI=1S/C14H20O4/c1-3-11(15)8-10-14(13(17)18-4-2)9-6-5-7-12(14)16/h1,11,15H,4-10H2,2H3. The summed E-state index contributed by atoms with van der Waals surface area (Å²) in [6.45, 7) is 1.97. The minimum absolute atomic E-state index is 0.0728. The van der Waals surface area contributed by atoms with Gasteiger partial charge >= 0.3 is 5.97 Å². The predicted molar refractivity (Wildman–Crippen MR) is 66.6 cm³/mol. The molecule has 0 heterocycles. The van der Waals surface area contributed by atoms with Crippen molar-refractivity contribution in [3.05, 3.63) is 0 Å². The second-order valence-electron chi connectivity index (χ2n) is 4.65. The zero-order valence-electron chi connectivity index (χ0n) is 10.8. The summed E-state index contributed by atoms with van der Waals surface area (Å²) < 4.78 is 5.03. The molecule has 1 aliphatic carbocycles. The van der Waals surface area contributed by atoms with Gasteiger partial charge in [-0.15, -0.1) is 6.42 Å². The fourth-order valence-corrected chi connectivity index (χ4v) is 2.41. The summed E-state index contributed by atoms with van der Waals surface area (Å²) in [6, 6.07) is 0. The van der Waals surface area contributed by atoms with Crippen LogP contribution in [0.1, 0.15) is 45.4 Å². The van der Waals surface area contributed by atoms with Crippen LogP contribution in [0.25, 0.3) is 0 Å². The van der Waals surface area contributed by atoms with Crippen molar-refractivity contribution in [3.63, 3.8) is 0 Å². The van der Waals surface area contributed by atoms with Crippen LogP contribution in [0.5, 0.6) is 0 Å². The molecule has 0 bridgehead atoms. The monoisotopic (exact) mass is 252 g/mol. The molecule has 2 atom stereocenters. The topological polar surface area (TPSA) is 63.6 Å². The van der Waals surface area contributed by atoms with Gasteiger partial charge in [-0.2, -0.15) is 0 Å². The van der Waals surface area contributed by atoms with Crippen molar-refractivity contribution in [2.24, 2.45) is 5.41 Å². The number of Topliss-reactive ketones (excluding diaryl/α,β-unsaturated/α-hetero) is 1. The summed E-state index contributed by atoms with van der Waals surface area (Å²) in [4.78, 5) is 24.2. The van der Waals surface area contributed by atoms with Gasteiger partial charge in [-0.25, -0.2) is 0 Å². The zero-order chi connectivity index (χ0) is 13.6. The Labute approximate surface area is 108 Å². The molecule has 0 radical (unpaired) electrons. The summed E-state index contributed by atoms with van der Waals surface area (Å²) in [5.41, 5.74) is -1.08. The molecular formula is C14H20O4. The normalized spacial score (nSPS) is 25.3. The van der Waals surface area contributed by atoms with Gasteiger partial charge < -0.3 is 9.84 Å². The van der Waals surface area contributed by atoms with Crippen molar-refractivity contribution in [1.82, 2.24) is 0 Å². The molecule has 1 saturated carbocycles. The number of hydrogen-bond acceptors (Lipinski definition) is 4. The SMILES string of the molecule is C#CC(O)CCC1(C(=O)OCC)CCCCC1=O. The number of aliphatic hydroxyl groups excluding tert-OH is 1. The molecule has 1 N–H and O–H groups in total. The molecule has 0 saturated heterocycles. The van der Waals surface area contributed by atoms with Crippen LogP contribution in [0, 0.1) is 17.8 Å². The van der Waals surface area contributed by atoms with Crippen LogP contribution in [0.2, 0.25) is 0 Å². The largest absolute Gasteiger partial charge is 0.465 e. The van der Waals surface area contributed by atoms with Crippen molar-refractivity contribution >= 4 is 11.8 Å². The molecule has 0 aromatic heterocycles. The highest BCUT2D eigenvalue weighted by Crippen LogP contribution is 2.39. The molecule has 18 heavy (non-hydrogen) atoms. The van der Waals surface area contributed by atoms with E-state index in [1.54, 1.807) is 6.92 Å². The van der Waals surface area contributed by atoms with Crippen LogP contribution in [-0.2, 0) is 14.3 Å². The molecule has 1 fully saturated rings. The van der Waals surface area contributed by atoms with Crippen molar-refractivity contribution in [3.8, 4) is 12.3 Å². The van der Waals surface area contributed by atoms with Crippen LogP contribution < -0.4 is 0 Å². The second-order valence-corrected chi connectivity index (χ2v) is 4.65. The van der Waals surface area contributed by atoms with Gasteiger partial charge in [0.2, 0.25) is 0 Å². The number of hydrogen-bond donors (Lipinski definition) is 1. The van der Waals surface area contributed by atoms with E-state index in [1.807, 2.05) is 0 Å². The van der Waals surface area contributed by atoms with Crippen molar-refractivity contribution in [2.75, 3.05) is 6.61 Å². The highest BCUT2D eigenvalue weighted by atomic mass is 16.5. The van der Waals surface area contributed by atoms with Crippen LogP contribution in [0.4, 0.5) is 0 Å². The molecule has 0 aromatic rings. The zero-order valence-corrected chi connectivity index (χ0v) is 10.8. The number of esters is 1. The smallest absolute Gasteiger partial charge is 0.319 e. The average Bonchev–Trinajstić information content (AvgIpc) is 2.38. The van der Waals surface area contributed by atoms with Gasteiger partial charge in [0.15, 0.2) is 0 Å². The molecule has 1 aliphatic rings. The second kappa shape index (κ2) is 6.55. The Bertz CT molecular complexity index is 355. The summed E-state index contributed by atoms with van der Waals surface area (Å²) in [7, 11) is 0. The first-order chi connectivity index (χ1) is 8.56. The Balaban J connectivity index is 2.83. The minimum atomic E-state index is -1.08. The van der Waals surface area contributed by atoms with E-state index in [0.717, 1.165) is 12.8 Å². The van der Waals surface area contributed by atoms with Crippen LogP contribution >= 0.6 is 0 Å². The Kier molecular flexibility index (Phi) is 5.36. The van der Waals surface area contributed by atoms with E-state index in [2.05, 4.69) is 5.92 Å². The molecule has 2 unspecified atom stereocenters. The summed E-state index contributed by atoms with van der Waals surface area (Å²) in [6.07, 6.45) is 7.27. The number of ketones is 1. The number of terminal acetylenes is 1. The maximum atomic E-state index is 12.1. The van der Waals surface area contributed by atoms with Crippen molar-refractivity contribution < 1.29 is 19.4 Å². The van der Waals surface area contributed by atoms with E-state index in [9.17, 15) is 14.7 Å². The number of ether oxygens (including phenoxy) is 1. The fourth-order valence-electron chi connectivity index (χ4n) is 2.41. The minimum Gasteiger partial charge on any atom is -0.465 e. The maximum Gasteiger partial charge on any atom is 0.319 e. The van der Waals surface area contributed by atoms with E-state index in [4.69, 9.17) is 11.2 Å². The highest BCUT2D eigenvalue weighted by Gasteiger charge is 2.47. The summed E-state index contributed by atoms with van der Waals surface area (Å²) in [5, 5.41) is 9.40. The third-order valence-corrected chi connectivity index (χ3v) is 3.49. The maximum absolute atomic E-state index is 12.1. The van der Waals surface area contributed by atoms with Crippen LogP contribution in [0.15, 0.2) is 0 Å². The van der Waals surface area contributed by atoms with Crippen molar-refractivity contribution in [2.45, 2.75) is 51.6 Å². The summed E-state index contributed by atoms with van der Waals surface area (Å²) >= 11 is 0. The third kappa shape index (κ3) is 3.11. The number of carbonyl (C=O) groups excluding carboxylic acids is 2. The Morgan fingerprint density at radius 2 is 2.33 bits per heavy atom. The highest BCUT2D eigenvalue weighted by molar-refractivity contribution is 6.04. The molecule has 4 heteroatoms. The Morgan fingerprint density at radius 3 is 2.89 bits per heavy atom. The van der Waals surface area contributed by atoms with E-state index in [-0.39, 0.29) is 25.2 Å². The summed E-state index contributed by atoms with van der Waals surface area (Å²) in [5.74, 6) is 1.67. The first kappa shape index (κ1) is 14.7. The Hall–Kier alpha value is -1.34. The van der Waals surface area contributed by atoms with Gasteiger partial charge in [-0.1, -0.05) is 12.3 Å². The molecule has 100 valence electrons. The average molecular weight is 252 g/mol. The van der Waals surface area contributed by atoms with E-state index < -0.39 is 17.5 Å². The lowest BCUT2D eigenvalue weighted by Gasteiger charge is -2.33. The quantitative estimate of drug-likeness (QED) is 0.457. The molecule has 0 aliphatic heterocycles.